The fraction of sp³-hybridized carbons (Fsp3) is 0.412. The Morgan fingerprint density at radius 1 is 1.15 bits per heavy atom. The van der Waals surface area contributed by atoms with Gasteiger partial charge in [0.1, 0.15) is 0 Å². The molecule has 0 radical (unpaired) electrons. The molecule has 1 heterocycles. The smallest absolute Gasteiger partial charge is 0.0931 e. The number of rotatable bonds is 5. The zero-order chi connectivity index (χ0) is 13.9. The standard InChI is InChI=1S/C17H20ClNS/c1-12-2-4-13(5-3-12)14-10-15(11-14)19-9-8-16-6-7-17(18)20-16/h2-7,14-15,19H,8-11H2,1H3. The molecule has 1 aromatic carbocycles. The maximum absolute atomic E-state index is 5.94. The highest BCUT2D eigenvalue weighted by Crippen LogP contribution is 2.36. The van der Waals surface area contributed by atoms with Gasteiger partial charge in [-0.15, -0.1) is 11.3 Å². The Morgan fingerprint density at radius 2 is 1.90 bits per heavy atom. The van der Waals surface area contributed by atoms with Crippen LogP contribution >= 0.6 is 22.9 Å². The molecule has 1 N–H and O–H groups in total. The number of halogens is 1. The molecule has 0 atom stereocenters. The summed E-state index contributed by atoms with van der Waals surface area (Å²) in [5.41, 5.74) is 2.84. The molecular formula is C17H20ClNS. The second kappa shape index (κ2) is 6.30. The summed E-state index contributed by atoms with van der Waals surface area (Å²) in [5, 5.41) is 3.65. The van der Waals surface area contributed by atoms with Gasteiger partial charge in [-0.1, -0.05) is 41.4 Å². The maximum atomic E-state index is 5.94. The van der Waals surface area contributed by atoms with Gasteiger partial charge in [0.2, 0.25) is 0 Å². The number of benzene rings is 1. The molecule has 0 saturated heterocycles. The molecule has 0 bridgehead atoms. The Balaban J connectivity index is 1.39. The molecular weight excluding hydrogens is 286 g/mol. The summed E-state index contributed by atoms with van der Waals surface area (Å²) >= 11 is 7.63. The van der Waals surface area contributed by atoms with Crippen LogP contribution in [0.5, 0.6) is 0 Å². The average molecular weight is 306 g/mol. The summed E-state index contributed by atoms with van der Waals surface area (Å²) < 4.78 is 0.892. The van der Waals surface area contributed by atoms with Crippen LogP contribution in [0.1, 0.15) is 34.8 Å². The highest BCUT2D eigenvalue weighted by Gasteiger charge is 2.29. The monoisotopic (exact) mass is 305 g/mol. The molecule has 1 fully saturated rings. The fourth-order valence-electron chi connectivity index (χ4n) is 2.78. The molecule has 0 amide bonds. The molecule has 20 heavy (non-hydrogen) atoms. The largest absolute Gasteiger partial charge is 0.314 e. The van der Waals surface area contributed by atoms with Crippen molar-refractivity contribution in [2.45, 2.75) is 38.1 Å². The number of thiophene rings is 1. The van der Waals surface area contributed by atoms with Crippen molar-refractivity contribution >= 4 is 22.9 Å². The van der Waals surface area contributed by atoms with Crippen molar-refractivity contribution in [1.29, 1.82) is 0 Å². The summed E-state index contributed by atoms with van der Waals surface area (Å²) in [6.45, 7) is 3.20. The zero-order valence-electron chi connectivity index (χ0n) is 11.7. The Bertz CT molecular complexity index is 555. The van der Waals surface area contributed by atoms with E-state index >= 15 is 0 Å². The van der Waals surface area contributed by atoms with Crippen LogP contribution in [0.25, 0.3) is 0 Å². The van der Waals surface area contributed by atoms with Gasteiger partial charge in [-0.3, -0.25) is 0 Å². The molecule has 3 rings (SSSR count). The summed E-state index contributed by atoms with van der Waals surface area (Å²) in [6, 6.07) is 13.8. The number of hydrogen-bond acceptors (Lipinski definition) is 2. The van der Waals surface area contributed by atoms with E-state index in [1.54, 1.807) is 11.3 Å². The van der Waals surface area contributed by atoms with Crippen molar-refractivity contribution in [3.05, 3.63) is 56.7 Å². The predicted molar refractivity (Wildman–Crippen MR) is 88.0 cm³/mol. The zero-order valence-corrected chi connectivity index (χ0v) is 13.3. The molecule has 1 saturated carbocycles. The number of nitrogens with one attached hydrogen (secondary N) is 1. The Morgan fingerprint density at radius 3 is 2.55 bits per heavy atom. The first-order valence-corrected chi connectivity index (χ1v) is 8.44. The lowest BCUT2D eigenvalue weighted by molar-refractivity contribution is 0.293. The minimum Gasteiger partial charge on any atom is -0.314 e. The summed E-state index contributed by atoms with van der Waals surface area (Å²) in [5.74, 6) is 0.754. The van der Waals surface area contributed by atoms with E-state index in [-0.39, 0.29) is 0 Å². The van der Waals surface area contributed by atoms with E-state index in [1.165, 1.54) is 28.8 Å². The summed E-state index contributed by atoms with van der Waals surface area (Å²) in [6.07, 6.45) is 3.63. The lowest BCUT2D eigenvalue weighted by Gasteiger charge is -2.36. The van der Waals surface area contributed by atoms with Crippen molar-refractivity contribution in [3.63, 3.8) is 0 Å². The molecule has 1 aliphatic rings. The Labute approximate surface area is 130 Å². The third-order valence-electron chi connectivity index (χ3n) is 4.12. The van der Waals surface area contributed by atoms with E-state index in [0.29, 0.717) is 6.04 Å². The Hall–Kier alpha value is -0.830. The maximum Gasteiger partial charge on any atom is 0.0931 e. The average Bonchev–Trinajstić information content (AvgIpc) is 2.80. The van der Waals surface area contributed by atoms with Crippen LogP contribution in [0.2, 0.25) is 4.34 Å². The van der Waals surface area contributed by atoms with Crippen molar-refractivity contribution in [2.24, 2.45) is 0 Å². The highest BCUT2D eigenvalue weighted by atomic mass is 35.5. The van der Waals surface area contributed by atoms with Crippen LogP contribution in [0.15, 0.2) is 36.4 Å². The molecule has 0 spiro atoms. The third kappa shape index (κ3) is 3.43. The summed E-state index contributed by atoms with van der Waals surface area (Å²) in [7, 11) is 0. The van der Waals surface area contributed by atoms with Crippen molar-refractivity contribution in [3.8, 4) is 0 Å². The lowest BCUT2D eigenvalue weighted by atomic mass is 9.76. The van der Waals surface area contributed by atoms with Crippen LogP contribution < -0.4 is 5.32 Å². The fourth-order valence-corrected chi connectivity index (χ4v) is 3.87. The summed E-state index contributed by atoms with van der Waals surface area (Å²) in [4.78, 5) is 1.37. The van der Waals surface area contributed by atoms with Gasteiger partial charge in [-0.05, 0) is 49.8 Å². The quantitative estimate of drug-likeness (QED) is 0.837. The molecule has 1 aromatic heterocycles. The van der Waals surface area contributed by atoms with Crippen LogP contribution in [0, 0.1) is 6.92 Å². The van der Waals surface area contributed by atoms with E-state index < -0.39 is 0 Å². The molecule has 1 aliphatic carbocycles. The molecule has 0 unspecified atom stereocenters. The minimum absolute atomic E-state index is 0.691. The van der Waals surface area contributed by atoms with Crippen molar-refractivity contribution in [2.75, 3.05) is 6.54 Å². The molecule has 1 nitrogen and oxygen atoms in total. The van der Waals surface area contributed by atoms with Crippen molar-refractivity contribution < 1.29 is 0 Å². The van der Waals surface area contributed by atoms with Gasteiger partial charge >= 0.3 is 0 Å². The van der Waals surface area contributed by atoms with E-state index in [9.17, 15) is 0 Å². The molecule has 2 aromatic rings. The molecule has 106 valence electrons. The normalized spacial score (nSPS) is 21.7. The van der Waals surface area contributed by atoms with Gasteiger partial charge in [0.05, 0.1) is 4.34 Å². The van der Waals surface area contributed by atoms with E-state index in [0.717, 1.165) is 23.2 Å². The Kier molecular flexibility index (Phi) is 4.45. The molecule has 3 heteroatoms. The van der Waals surface area contributed by atoms with E-state index in [1.807, 2.05) is 6.07 Å². The topological polar surface area (TPSA) is 12.0 Å². The van der Waals surface area contributed by atoms with E-state index in [4.69, 9.17) is 11.6 Å². The minimum atomic E-state index is 0.691. The van der Waals surface area contributed by atoms with Gasteiger partial charge < -0.3 is 5.32 Å². The predicted octanol–water partition coefficient (Wildman–Crippen LogP) is 4.79. The first kappa shape index (κ1) is 14.1. The lowest BCUT2D eigenvalue weighted by Crippen LogP contribution is -2.40. The first-order chi connectivity index (χ1) is 9.70. The van der Waals surface area contributed by atoms with Crippen LogP contribution in [-0.4, -0.2) is 12.6 Å². The van der Waals surface area contributed by atoms with Gasteiger partial charge in [0.25, 0.3) is 0 Å². The number of hydrogen-bond donors (Lipinski definition) is 1. The van der Waals surface area contributed by atoms with Gasteiger partial charge in [0.15, 0.2) is 0 Å². The first-order valence-electron chi connectivity index (χ1n) is 7.25. The van der Waals surface area contributed by atoms with Gasteiger partial charge in [-0.2, -0.15) is 0 Å². The van der Waals surface area contributed by atoms with Gasteiger partial charge in [-0.25, -0.2) is 0 Å². The second-order valence-electron chi connectivity index (χ2n) is 5.69. The van der Waals surface area contributed by atoms with Crippen LogP contribution in [0.4, 0.5) is 0 Å². The highest BCUT2D eigenvalue weighted by molar-refractivity contribution is 7.16. The van der Waals surface area contributed by atoms with E-state index in [2.05, 4.69) is 42.6 Å². The number of aryl methyl sites for hydroxylation is 1. The van der Waals surface area contributed by atoms with Crippen molar-refractivity contribution in [1.82, 2.24) is 5.32 Å². The van der Waals surface area contributed by atoms with Crippen LogP contribution in [0.3, 0.4) is 0 Å². The second-order valence-corrected chi connectivity index (χ2v) is 7.49. The SMILES string of the molecule is Cc1ccc(C2CC(NCCc3ccc(Cl)s3)C2)cc1. The molecule has 0 aliphatic heterocycles. The van der Waals surface area contributed by atoms with Gasteiger partial charge in [0, 0.05) is 17.5 Å². The van der Waals surface area contributed by atoms with Crippen LogP contribution in [-0.2, 0) is 6.42 Å². The third-order valence-corrected chi connectivity index (χ3v) is 5.41.